The summed E-state index contributed by atoms with van der Waals surface area (Å²) in [4.78, 5) is 12.5. The molecule has 1 N–H and O–H groups in total. The van der Waals surface area contributed by atoms with E-state index in [4.69, 9.17) is 4.74 Å². The lowest BCUT2D eigenvalue weighted by Gasteiger charge is -2.33. The second-order valence-electron chi connectivity index (χ2n) is 5.48. The second kappa shape index (κ2) is 6.64. The number of rotatable bonds is 3. The third-order valence-electron chi connectivity index (χ3n) is 3.62. The number of fused-ring (bicyclic) bond motifs is 1. The average molecular weight is 429 g/mol. The standard InChI is InChI=1S/C16H14BrFN2O4S/c1-25(22,23)20-9-15(24-14-5-3-2-4-13(14)20)16(21)19-12-7-6-10(17)8-11(12)18/h2-8,15H,9H2,1H3,(H,19,21)/t15-/m0/s1. The summed E-state index contributed by atoms with van der Waals surface area (Å²) in [5, 5.41) is 2.43. The summed E-state index contributed by atoms with van der Waals surface area (Å²) in [6.07, 6.45) is -0.0500. The molecular weight excluding hydrogens is 415 g/mol. The highest BCUT2D eigenvalue weighted by Crippen LogP contribution is 2.34. The van der Waals surface area contributed by atoms with Gasteiger partial charge < -0.3 is 10.1 Å². The predicted octanol–water partition coefficient (Wildman–Crippen LogP) is 2.75. The van der Waals surface area contributed by atoms with Gasteiger partial charge in [0.15, 0.2) is 6.10 Å². The highest BCUT2D eigenvalue weighted by molar-refractivity contribution is 9.10. The zero-order chi connectivity index (χ0) is 18.2. The first-order valence-electron chi connectivity index (χ1n) is 7.25. The van der Waals surface area contributed by atoms with Crippen LogP contribution in [0.4, 0.5) is 15.8 Å². The number of amides is 1. The van der Waals surface area contributed by atoms with Crippen molar-refractivity contribution in [3.05, 3.63) is 52.8 Å². The smallest absolute Gasteiger partial charge is 0.267 e. The van der Waals surface area contributed by atoms with Crippen molar-refractivity contribution >= 4 is 43.2 Å². The van der Waals surface area contributed by atoms with Gasteiger partial charge in [0.05, 0.1) is 24.2 Å². The minimum Gasteiger partial charge on any atom is -0.476 e. The zero-order valence-electron chi connectivity index (χ0n) is 13.1. The normalized spacial score (nSPS) is 16.8. The Bertz CT molecular complexity index is 935. The van der Waals surface area contributed by atoms with Crippen molar-refractivity contribution in [1.29, 1.82) is 0 Å². The maximum absolute atomic E-state index is 13.9. The van der Waals surface area contributed by atoms with Gasteiger partial charge in [-0.05, 0) is 30.3 Å². The lowest BCUT2D eigenvalue weighted by Crippen LogP contribution is -2.48. The van der Waals surface area contributed by atoms with Crippen LogP contribution in [0.3, 0.4) is 0 Å². The lowest BCUT2D eigenvalue weighted by molar-refractivity contribution is -0.122. The van der Waals surface area contributed by atoms with Crippen molar-refractivity contribution in [2.24, 2.45) is 0 Å². The number of sulfonamides is 1. The molecular formula is C16H14BrFN2O4S. The molecule has 0 unspecified atom stereocenters. The molecule has 2 aromatic rings. The Morgan fingerprint density at radius 3 is 2.72 bits per heavy atom. The van der Waals surface area contributed by atoms with Crippen molar-refractivity contribution in [3.63, 3.8) is 0 Å². The van der Waals surface area contributed by atoms with Gasteiger partial charge in [0.25, 0.3) is 5.91 Å². The molecule has 9 heteroatoms. The fraction of sp³-hybridized carbons (Fsp3) is 0.188. The zero-order valence-corrected chi connectivity index (χ0v) is 15.5. The summed E-state index contributed by atoms with van der Waals surface area (Å²) in [5.74, 6) is -0.973. The van der Waals surface area contributed by atoms with Gasteiger partial charge in [-0.25, -0.2) is 12.8 Å². The van der Waals surface area contributed by atoms with Crippen LogP contribution in [0.2, 0.25) is 0 Å². The van der Waals surface area contributed by atoms with Crippen LogP contribution < -0.4 is 14.4 Å². The molecule has 0 fully saturated rings. The van der Waals surface area contributed by atoms with Crippen LogP contribution >= 0.6 is 15.9 Å². The summed E-state index contributed by atoms with van der Waals surface area (Å²) in [5.41, 5.74) is 0.352. The molecule has 3 rings (SSSR count). The van der Waals surface area contributed by atoms with E-state index >= 15 is 0 Å². The number of carbonyl (C=O) groups excluding carboxylic acids is 1. The van der Waals surface area contributed by atoms with E-state index < -0.39 is 27.9 Å². The van der Waals surface area contributed by atoms with Gasteiger partial charge in [-0.1, -0.05) is 28.1 Å². The van der Waals surface area contributed by atoms with Crippen molar-refractivity contribution in [1.82, 2.24) is 0 Å². The molecule has 1 atom stereocenters. The Morgan fingerprint density at radius 2 is 2.04 bits per heavy atom. The largest absolute Gasteiger partial charge is 0.476 e. The van der Waals surface area contributed by atoms with E-state index in [2.05, 4.69) is 21.2 Å². The van der Waals surface area contributed by atoms with Crippen LogP contribution in [0, 0.1) is 5.82 Å². The van der Waals surface area contributed by atoms with Crippen molar-refractivity contribution in [2.45, 2.75) is 6.10 Å². The van der Waals surface area contributed by atoms with Crippen molar-refractivity contribution in [2.75, 3.05) is 22.4 Å². The first-order valence-corrected chi connectivity index (χ1v) is 9.89. The molecule has 0 bridgehead atoms. The van der Waals surface area contributed by atoms with Crippen LogP contribution in [0.1, 0.15) is 0 Å². The predicted molar refractivity (Wildman–Crippen MR) is 95.8 cm³/mol. The van der Waals surface area contributed by atoms with E-state index in [-0.39, 0.29) is 18.0 Å². The molecule has 1 amide bonds. The fourth-order valence-corrected chi connectivity index (χ4v) is 3.70. The van der Waals surface area contributed by atoms with Crippen molar-refractivity contribution < 1.29 is 22.3 Å². The topological polar surface area (TPSA) is 75.7 Å². The van der Waals surface area contributed by atoms with E-state index in [0.29, 0.717) is 10.2 Å². The molecule has 132 valence electrons. The minimum absolute atomic E-state index is 0.0124. The van der Waals surface area contributed by atoms with E-state index in [1.54, 1.807) is 30.3 Å². The first kappa shape index (κ1) is 17.7. The quantitative estimate of drug-likeness (QED) is 0.815. The first-order chi connectivity index (χ1) is 11.8. The lowest BCUT2D eigenvalue weighted by atomic mass is 10.2. The number of anilines is 2. The Hall–Kier alpha value is -2.13. The third-order valence-corrected chi connectivity index (χ3v) is 5.26. The van der Waals surface area contributed by atoms with E-state index in [1.165, 1.54) is 12.1 Å². The molecule has 0 aliphatic carbocycles. The molecule has 0 saturated heterocycles. The molecule has 0 aromatic heterocycles. The monoisotopic (exact) mass is 428 g/mol. The van der Waals surface area contributed by atoms with Gasteiger partial charge in [-0.3, -0.25) is 9.10 Å². The number of hydrogen-bond donors (Lipinski definition) is 1. The Labute approximate surface area is 152 Å². The van der Waals surface area contributed by atoms with E-state index in [0.717, 1.165) is 10.6 Å². The molecule has 0 spiro atoms. The van der Waals surface area contributed by atoms with Crippen molar-refractivity contribution in [3.8, 4) is 5.75 Å². The molecule has 1 heterocycles. The average Bonchev–Trinajstić information content (AvgIpc) is 2.55. The van der Waals surface area contributed by atoms with Crippen LogP contribution in [0.5, 0.6) is 5.75 Å². The SMILES string of the molecule is CS(=O)(=O)N1C[C@@H](C(=O)Nc2ccc(Br)cc2F)Oc2ccccc21. The van der Waals surface area contributed by atoms with E-state index in [9.17, 15) is 17.6 Å². The molecule has 0 radical (unpaired) electrons. The molecule has 1 aliphatic rings. The fourth-order valence-electron chi connectivity index (χ4n) is 2.46. The van der Waals surface area contributed by atoms with Gasteiger partial charge in [-0.15, -0.1) is 0 Å². The highest BCUT2D eigenvalue weighted by atomic mass is 79.9. The minimum atomic E-state index is -3.60. The molecule has 25 heavy (non-hydrogen) atoms. The second-order valence-corrected chi connectivity index (χ2v) is 8.30. The van der Waals surface area contributed by atoms with Gasteiger partial charge in [0, 0.05) is 4.47 Å². The molecule has 6 nitrogen and oxygen atoms in total. The Balaban J connectivity index is 1.87. The number of para-hydroxylation sites is 2. The number of carbonyl (C=O) groups is 1. The van der Waals surface area contributed by atoms with Gasteiger partial charge in [-0.2, -0.15) is 0 Å². The summed E-state index contributed by atoms with van der Waals surface area (Å²) in [6.45, 7) is -0.195. The van der Waals surface area contributed by atoms with E-state index in [1.807, 2.05) is 0 Å². The summed E-state index contributed by atoms with van der Waals surface area (Å²) in [6, 6.07) is 10.7. The summed E-state index contributed by atoms with van der Waals surface area (Å²) >= 11 is 3.14. The maximum Gasteiger partial charge on any atom is 0.267 e. The molecule has 2 aromatic carbocycles. The summed E-state index contributed by atoms with van der Waals surface area (Å²) < 4.78 is 45.2. The van der Waals surface area contributed by atoms with Crippen LogP contribution in [0.15, 0.2) is 46.9 Å². The Kier molecular flexibility index (Phi) is 4.70. The van der Waals surface area contributed by atoms with Gasteiger partial charge in [0.2, 0.25) is 10.0 Å². The van der Waals surface area contributed by atoms with Crippen LogP contribution in [-0.2, 0) is 14.8 Å². The molecule has 1 aliphatic heterocycles. The maximum atomic E-state index is 13.9. The number of benzene rings is 2. The number of hydrogen-bond acceptors (Lipinski definition) is 4. The van der Waals surface area contributed by atoms with Gasteiger partial charge >= 0.3 is 0 Å². The number of nitrogens with one attached hydrogen (secondary N) is 1. The summed E-state index contributed by atoms with van der Waals surface area (Å²) in [7, 11) is -3.60. The highest BCUT2D eigenvalue weighted by Gasteiger charge is 2.35. The number of nitrogens with zero attached hydrogens (tertiary/aromatic N) is 1. The third kappa shape index (κ3) is 3.77. The van der Waals surface area contributed by atoms with Crippen LogP contribution in [-0.4, -0.2) is 33.2 Å². The Morgan fingerprint density at radius 1 is 1.32 bits per heavy atom. The number of ether oxygens (including phenoxy) is 1. The molecule has 0 saturated carbocycles. The number of halogens is 2. The van der Waals surface area contributed by atoms with Gasteiger partial charge in [0.1, 0.15) is 11.6 Å². The van der Waals surface area contributed by atoms with Crippen LogP contribution in [0.25, 0.3) is 0 Å².